The molecule has 1 fully saturated rings. The van der Waals surface area contributed by atoms with E-state index in [1.165, 1.54) is 15.2 Å². The fraction of sp³-hybridized carbons (Fsp3) is 0.480. The molecule has 0 atom stereocenters. The number of piperidine rings is 1. The number of nitriles is 1. The molecule has 9 nitrogen and oxygen atoms in total. The van der Waals surface area contributed by atoms with Gasteiger partial charge in [0.1, 0.15) is 5.15 Å². The lowest BCUT2D eigenvalue weighted by molar-refractivity contribution is 0.337. The summed E-state index contributed by atoms with van der Waals surface area (Å²) in [4.78, 5) is 32.1. The summed E-state index contributed by atoms with van der Waals surface area (Å²) in [6.45, 7) is 6.30. The second-order valence-electron chi connectivity index (χ2n) is 9.30. The molecule has 0 radical (unpaired) electrons. The van der Waals surface area contributed by atoms with Crippen LogP contribution in [-0.4, -0.2) is 32.4 Å². The summed E-state index contributed by atoms with van der Waals surface area (Å²) in [6.07, 6.45) is 3.64. The van der Waals surface area contributed by atoms with E-state index in [9.17, 15) is 9.59 Å². The molecule has 1 aromatic carbocycles. The minimum absolute atomic E-state index is 0.0904. The molecule has 0 amide bonds. The van der Waals surface area contributed by atoms with E-state index in [0.717, 1.165) is 50.2 Å². The average molecular weight is 497 g/mol. The molecule has 1 saturated heterocycles. The van der Waals surface area contributed by atoms with Crippen molar-refractivity contribution >= 4 is 17.6 Å². The molecule has 0 aliphatic carbocycles. The van der Waals surface area contributed by atoms with Crippen LogP contribution in [0.15, 0.2) is 44.4 Å². The number of hydrogen-bond donors (Lipinski definition) is 0. The molecule has 184 valence electrons. The SMILES string of the molecule is CC(C)c1noc(N2CCC(CCCn3c(=O)cc(Cl)n(Cc4cccc(C#N)c4)c3=O)CC2)n1. The largest absolute Gasteiger partial charge is 0.332 e. The summed E-state index contributed by atoms with van der Waals surface area (Å²) in [5, 5.41) is 13.2. The first-order valence-corrected chi connectivity index (χ1v) is 12.3. The van der Waals surface area contributed by atoms with Crippen molar-refractivity contribution in [1.82, 2.24) is 19.3 Å². The number of anilines is 1. The van der Waals surface area contributed by atoms with Gasteiger partial charge in [0.25, 0.3) is 5.56 Å². The second kappa shape index (κ2) is 10.9. The van der Waals surface area contributed by atoms with Gasteiger partial charge in [-0.05, 0) is 49.3 Å². The van der Waals surface area contributed by atoms with Crippen molar-refractivity contribution in [3.63, 3.8) is 0 Å². The monoisotopic (exact) mass is 496 g/mol. The van der Waals surface area contributed by atoms with Crippen molar-refractivity contribution < 1.29 is 4.52 Å². The van der Waals surface area contributed by atoms with Crippen molar-refractivity contribution in [2.75, 3.05) is 18.0 Å². The van der Waals surface area contributed by atoms with Gasteiger partial charge in [-0.2, -0.15) is 10.2 Å². The molecule has 3 heterocycles. The van der Waals surface area contributed by atoms with Crippen LogP contribution in [0.1, 0.15) is 62.4 Å². The highest BCUT2D eigenvalue weighted by molar-refractivity contribution is 6.29. The van der Waals surface area contributed by atoms with Crippen LogP contribution in [-0.2, 0) is 13.1 Å². The lowest BCUT2D eigenvalue weighted by Gasteiger charge is -2.30. The van der Waals surface area contributed by atoms with E-state index in [2.05, 4.69) is 21.1 Å². The topological polar surface area (TPSA) is 110 Å². The quantitative estimate of drug-likeness (QED) is 0.436. The first-order chi connectivity index (χ1) is 16.9. The van der Waals surface area contributed by atoms with Gasteiger partial charge in [0.15, 0.2) is 5.82 Å². The molecule has 2 aromatic heterocycles. The highest BCUT2D eigenvalue weighted by atomic mass is 35.5. The summed E-state index contributed by atoms with van der Waals surface area (Å²) in [5.41, 5.74) is 0.448. The number of aromatic nitrogens is 4. The van der Waals surface area contributed by atoms with Crippen LogP contribution < -0.4 is 16.1 Å². The molecule has 10 heteroatoms. The number of nitrogens with zero attached hydrogens (tertiary/aromatic N) is 6. The van der Waals surface area contributed by atoms with E-state index >= 15 is 0 Å². The van der Waals surface area contributed by atoms with Crippen LogP contribution in [0, 0.1) is 17.2 Å². The molecule has 1 aliphatic heterocycles. The fourth-order valence-corrected chi connectivity index (χ4v) is 4.63. The van der Waals surface area contributed by atoms with E-state index in [-0.39, 0.29) is 17.6 Å². The predicted octanol–water partition coefficient (Wildman–Crippen LogP) is 3.79. The van der Waals surface area contributed by atoms with Gasteiger partial charge in [-0.1, -0.05) is 42.7 Å². The Balaban J connectivity index is 1.35. The summed E-state index contributed by atoms with van der Waals surface area (Å²) >= 11 is 6.23. The molecule has 0 bridgehead atoms. The molecule has 4 rings (SSSR count). The molecule has 0 spiro atoms. The van der Waals surface area contributed by atoms with Crippen LogP contribution >= 0.6 is 11.6 Å². The maximum atomic E-state index is 13.0. The van der Waals surface area contributed by atoms with Gasteiger partial charge < -0.3 is 9.42 Å². The lowest BCUT2D eigenvalue weighted by atomic mass is 9.92. The molecule has 35 heavy (non-hydrogen) atoms. The average Bonchev–Trinajstić information content (AvgIpc) is 3.35. The zero-order chi connectivity index (χ0) is 24.9. The van der Waals surface area contributed by atoms with Crippen molar-refractivity contribution in [1.29, 1.82) is 5.26 Å². The van der Waals surface area contributed by atoms with Gasteiger partial charge in [-0.25, -0.2) is 4.79 Å². The van der Waals surface area contributed by atoms with Crippen LogP contribution in [0.5, 0.6) is 0 Å². The fourth-order valence-electron chi connectivity index (χ4n) is 4.40. The third kappa shape index (κ3) is 5.82. The Morgan fingerprint density at radius 1 is 1.20 bits per heavy atom. The first-order valence-electron chi connectivity index (χ1n) is 11.9. The Labute approximate surface area is 208 Å². The summed E-state index contributed by atoms with van der Waals surface area (Å²) < 4.78 is 8.03. The number of benzene rings is 1. The lowest BCUT2D eigenvalue weighted by Crippen LogP contribution is -2.40. The third-order valence-electron chi connectivity index (χ3n) is 6.45. The van der Waals surface area contributed by atoms with Crippen molar-refractivity contribution in [2.45, 2.75) is 58.5 Å². The van der Waals surface area contributed by atoms with E-state index in [0.29, 0.717) is 24.0 Å². The maximum Gasteiger partial charge on any atom is 0.332 e. The Hall–Kier alpha value is -3.38. The molecular formula is C25H29ClN6O3. The zero-order valence-electron chi connectivity index (χ0n) is 20.0. The van der Waals surface area contributed by atoms with E-state index in [1.54, 1.807) is 18.2 Å². The number of hydrogen-bond acceptors (Lipinski definition) is 7. The molecular weight excluding hydrogens is 468 g/mol. The Morgan fingerprint density at radius 2 is 1.97 bits per heavy atom. The van der Waals surface area contributed by atoms with Gasteiger partial charge >= 0.3 is 11.7 Å². The van der Waals surface area contributed by atoms with Crippen LogP contribution in [0.2, 0.25) is 5.15 Å². The molecule has 0 unspecified atom stereocenters. The van der Waals surface area contributed by atoms with Crippen molar-refractivity contribution in [2.24, 2.45) is 5.92 Å². The summed E-state index contributed by atoms with van der Waals surface area (Å²) in [6, 6.07) is 10.9. The third-order valence-corrected chi connectivity index (χ3v) is 6.76. The first kappa shape index (κ1) is 24.7. The Kier molecular flexibility index (Phi) is 7.71. The molecule has 0 N–H and O–H groups in total. The minimum atomic E-state index is -0.433. The molecule has 1 aliphatic rings. The standard InChI is InChI=1S/C25H29ClN6O3/c1-17(2)23-28-24(35-29-23)30-11-8-18(9-12-30)7-4-10-31-22(33)14-21(26)32(25(31)34)16-20-6-3-5-19(13-20)15-27/h3,5-6,13-14,17-18H,4,7-12,16H2,1-2H3. The Bertz CT molecular complexity index is 1330. The summed E-state index contributed by atoms with van der Waals surface area (Å²) in [7, 11) is 0. The number of halogens is 1. The van der Waals surface area contributed by atoms with Gasteiger partial charge in [0.05, 0.1) is 18.2 Å². The highest BCUT2D eigenvalue weighted by Gasteiger charge is 2.23. The molecule has 3 aromatic rings. The van der Waals surface area contributed by atoms with E-state index in [4.69, 9.17) is 21.4 Å². The van der Waals surface area contributed by atoms with Gasteiger partial charge in [-0.3, -0.25) is 13.9 Å². The van der Waals surface area contributed by atoms with Crippen LogP contribution in [0.4, 0.5) is 6.01 Å². The van der Waals surface area contributed by atoms with Crippen molar-refractivity contribution in [3.05, 3.63) is 73.3 Å². The Morgan fingerprint density at radius 3 is 2.66 bits per heavy atom. The zero-order valence-corrected chi connectivity index (χ0v) is 20.7. The summed E-state index contributed by atoms with van der Waals surface area (Å²) in [5.74, 6) is 1.46. The normalized spacial score (nSPS) is 14.4. The van der Waals surface area contributed by atoms with E-state index in [1.807, 2.05) is 19.9 Å². The van der Waals surface area contributed by atoms with Gasteiger partial charge in [0.2, 0.25) is 0 Å². The van der Waals surface area contributed by atoms with Crippen LogP contribution in [0.25, 0.3) is 0 Å². The van der Waals surface area contributed by atoms with Gasteiger partial charge in [-0.15, -0.1) is 0 Å². The highest BCUT2D eigenvalue weighted by Crippen LogP contribution is 2.26. The van der Waals surface area contributed by atoms with Gasteiger partial charge in [0, 0.05) is 31.6 Å². The second-order valence-corrected chi connectivity index (χ2v) is 9.69. The maximum absolute atomic E-state index is 13.0. The number of rotatable bonds is 8. The van der Waals surface area contributed by atoms with E-state index < -0.39 is 11.2 Å². The predicted molar refractivity (Wildman–Crippen MR) is 133 cm³/mol. The molecule has 0 saturated carbocycles. The van der Waals surface area contributed by atoms with Crippen LogP contribution in [0.3, 0.4) is 0 Å². The smallest absolute Gasteiger partial charge is 0.324 e. The van der Waals surface area contributed by atoms with Crippen molar-refractivity contribution in [3.8, 4) is 6.07 Å². The minimum Gasteiger partial charge on any atom is -0.324 e.